The van der Waals surface area contributed by atoms with Crippen molar-refractivity contribution in [1.29, 1.82) is 0 Å². The highest BCUT2D eigenvalue weighted by molar-refractivity contribution is 5.99. The first-order valence-electron chi connectivity index (χ1n) is 10.1. The normalized spacial score (nSPS) is 21.1. The van der Waals surface area contributed by atoms with Crippen molar-refractivity contribution in [3.05, 3.63) is 35.5 Å². The lowest BCUT2D eigenvalue weighted by atomic mass is 9.85. The number of carboxylic acids is 1. The fraction of sp³-hybridized carbons (Fsp3) is 0.500. The van der Waals surface area contributed by atoms with E-state index in [1.54, 1.807) is 7.11 Å². The van der Waals surface area contributed by atoms with E-state index in [-0.39, 0.29) is 24.5 Å². The highest BCUT2D eigenvalue weighted by atomic mass is 16.5. The predicted octanol–water partition coefficient (Wildman–Crippen LogP) is 2.61. The minimum absolute atomic E-state index is 0.0777. The second kappa shape index (κ2) is 7.99. The number of carbonyl (C=O) groups excluding carboxylic acids is 1. The third-order valence-corrected chi connectivity index (χ3v) is 5.95. The second-order valence-corrected chi connectivity index (χ2v) is 8.24. The number of ether oxygens (including phenoxy) is 1. The first-order chi connectivity index (χ1) is 13.9. The molecule has 0 spiro atoms. The maximum absolute atomic E-state index is 12.8. The van der Waals surface area contributed by atoms with Gasteiger partial charge in [-0.2, -0.15) is 0 Å². The van der Waals surface area contributed by atoms with E-state index < -0.39 is 5.97 Å². The predicted molar refractivity (Wildman–Crippen MR) is 109 cm³/mol. The quantitative estimate of drug-likeness (QED) is 0.711. The number of aromatic nitrogens is 1. The van der Waals surface area contributed by atoms with Crippen molar-refractivity contribution < 1.29 is 19.4 Å². The zero-order valence-electron chi connectivity index (χ0n) is 16.9. The van der Waals surface area contributed by atoms with Gasteiger partial charge in [0.25, 0.3) is 5.91 Å². The van der Waals surface area contributed by atoms with E-state index in [1.807, 2.05) is 31.2 Å². The van der Waals surface area contributed by atoms with Crippen LogP contribution in [0.15, 0.2) is 24.3 Å². The van der Waals surface area contributed by atoms with Gasteiger partial charge in [-0.25, -0.2) is 0 Å². The fourth-order valence-electron chi connectivity index (χ4n) is 4.02. The molecule has 2 N–H and O–H groups in total. The van der Waals surface area contributed by atoms with Crippen molar-refractivity contribution in [1.82, 2.24) is 15.2 Å². The summed E-state index contributed by atoms with van der Waals surface area (Å²) in [7, 11) is 1.62. The van der Waals surface area contributed by atoms with Gasteiger partial charge in [-0.3, -0.25) is 19.5 Å². The molecule has 0 atom stereocenters. The van der Waals surface area contributed by atoms with Gasteiger partial charge in [-0.1, -0.05) is 0 Å². The molecule has 2 fully saturated rings. The number of methoxy groups -OCH3 is 1. The summed E-state index contributed by atoms with van der Waals surface area (Å²) in [5.41, 5.74) is 2.05. The first-order valence-corrected chi connectivity index (χ1v) is 10.1. The summed E-state index contributed by atoms with van der Waals surface area (Å²) in [4.78, 5) is 30.6. The number of fused-ring (bicyclic) bond motifs is 1. The van der Waals surface area contributed by atoms with Crippen molar-refractivity contribution in [2.24, 2.45) is 5.92 Å². The fourth-order valence-corrected chi connectivity index (χ4v) is 4.02. The molecule has 0 aliphatic heterocycles. The van der Waals surface area contributed by atoms with Crippen LogP contribution in [0.1, 0.15) is 41.7 Å². The van der Waals surface area contributed by atoms with Crippen molar-refractivity contribution in [3.8, 4) is 5.75 Å². The van der Waals surface area contributed by atoms with Crippen LogP contribution in [0.4, 0.5) is 0 Å². The Balaban J connectivity index is 1.38. The van der Waals surface area contributed by atoms with Gasteiger partial charge in [-0.15, -0.1) is 0 Å². The van der Waals surface area contributed by atoms with E-state index in [2.05, 4.69) is 15.2 Å². The number of carboxylic acid groups (broad SMARTS) is 1. The molecule has 154 valence electrons. The van der Waals surface area contributed by atoms with Crippen LogP contribution in [-0.2, 0) is 4.79 Å². The van der Waals surface area contributed by atoms with Gasteiger partial charge in [0, 0.05) is 30.1 Å². The van der Waals surface area contributed by atoms with Gasteiger partial charge < -0.3 is 15.2 Å². The highest BCUT2D eigenvalue weighted by Gasteiger charge is 2.38. The molecule has 0 radical (unpaired) electrons. The molecule has 2 saturated carbocycles. The topological polar surface area (TPSA) is 91.8 Å². The average Bonchev–Trinajstić information content (AvgIpc) is 3.46. The van der Waals surface area contributed by atoms with Gasteiger partial charge in [-0.05, 0) is 56.7 Å². The number of hydrogen-bond acceptors (Lipinski definition) is 5. The van der Waals surface area contributed by atoms with Crippen molar-refractivity contribution in [3.63, 3.8) is 0 Å². The summed E-state index contributed by atoms with van der Waals surface area (Å²) >= 11 is 0. The number of aliphatic carboxylic acids is 1. The maximum atomic E-state index is 12.8. The Kier molecular flexibility index (Phi) is 5.41. The minimum Gasteiger partial charge on any atom is -0.497 e. The molecule has 1 aromatic carbocycles. The molecular weight excluding hydrogens is 370 g/mol. The van der Waals surface area contributed by atoms with Crippen LogP contribution >= 0.6 is 0 Å². The molecule has 0 unspecified atom stereocenters. The van der Waals surface area contributed by atoms with Crippen LogP contribution in [0.2, 0.25) is 0 Å². The Hall–Kier alpha value is -2.67. The number of hydrogen-bond donors (Lipinski definition) is 2. The van der Waals surface area contributed by atoms with E-state index in [0.29, 0.717) is 17.2 Å². The number of amides is 1. The van der Waals surface area contributed by atoms with Gasteiger partial charge >= 0.3 is 5.97 Å². The molecule has 1 heterocycles. The molecule has 29 heavy (non-hydrogen) atoms. The van der Waals surface area contributed by atoms with Crippen molar-refractivity contribution in [2.45, 2.75) is 44.7 Å². The minimum atomic E-state index is -0.785. The average molecular weight is 397 g/mol. The van der Waals surface area contributed by atoms with Gasteiger partial charge in [0.2, 0.25) is 0 Å². The van der Waals surface area contributed by atoms with E-state index in [4.69, 9.17) is 9.84 Å². The zero-order valence-corrected chi connectivity index (χ0v) is 16.9. The Morgan fingerprint density at radius 2 is 2.03 bits per heavy atom. The molecule has 1 amide bonds. The van der Waals surface area contributed by atoms with Crippen molar-refractivity contribution >= 4 is 22.8 Å². The molecule has 1 aromatic heterocycles. The Labute approximate surface area is 170 Å². The standard InChI is InChI=1S/C22H27N3O4/c1-13-19(7-15-5-6-18(29-2)10-20(15)23-13)22(28)24-16-8-17(9-16)25(12-21(26)27)11-14-3-4-14/h5-7,10,14,16-17H,3-4,8-9,11-12H2,1-2H3,(H,24,28)(H,26,27). The highest BCUT2D eigenvalue weighted by Crippen LogP contribution is 2.34. The van der Waals surface area contributed by atoms with Crippen LogP contribution in [0.5, 0.6) is 5.75 Å². The molecule has 2 aromatic rings. The van der Waals surface area contributed by atoms with E-state index in [0.717, 1.165) is 36.0 Å². The Bertz CT molecular complexity index is 935. The first kappa shape index (κ1) is 19.6. The van der Waals surface area contributed by atoms with Gasteiger partial charge in [0.15, 0.2) is 0 Å². The molecule has 0 saturated heterocycles. The number of nitrogens with zero attached hydrogens (tertiary/aromatic N) is 2. The smallest absolute Gasteiger partial charge is 0.317 e. The molecule has 7 nitrogen and oxygen atoms in total. The third kappa shape index (κ3) is 4.50. The number of nitrogens with one attached hydrogen (secondary N) is 1. The summed E-state index contributed by atoms with van der Waals surface area (Å²) in [5.74, 6) is 0.475. The number of rotatable bonds is 8. The van der Waals surface area contributed by atoms with Crippen LogP contribution in [-0.4, -0.2) is 59.1 Å². The molecule has 2 aliphatic rings. The van der Waals surface area contributed by atoms with Crippen LogP contribution in [0, 0.1) is 12.8 Å². The number of pyridine rings is 1. The lowest BCUT2D eigenvalue weighted by molar-refractivity contribution is -0.139. The lowest BCUT2D eigenvalue weighted by Crippen LogP contribution is -2.55. The summed E-state index contributed by atoms with van der Waals surface area (Å²) in [6, 6.07) is 7.80. The van der Waals surface area contributed by atoms with E-state index in [9.17, 15) is 9.59 Å². The zero-order chi connectivity index (χ0) is 20.5. The van der Waals surface area contributed by atoms with Crippen LogP contribution < -0.4 is 10.1 Å². The summed E-state index contributed by atoms with van der Waals surface area (Å²) in [5, 5.41) is 13.2. The molecule has 0 bridgehead atoms. The number of aryl methyl sites for hydroxylation is 1. The summed E-state index contributed by atoms with van der Waals surface area (Å²) in [6.07, 6.45) is 3.98. The molecule has 4 rings (SSSR count). The summed E-state index contributed by atoms with van der Waals surface area (Å²) in [6.45, 7) is 2.77. The Morgan fingerprint density at radius 3 is 2.69 bits per heavy atom. The van der Waals surface area contributed by atoms with Crippen molar-refractivity contribution in [2.75, 3.05) is 20.2 Å². The SMILES string of the molecule is COc1ccc2cc(C(=O)NC3CC(N(CC(=O)O)CC4CC4)C3)c(C)nc2c1. The molecule has 2 aliphatic carbocycles. The third-order valence-electron chi connectivity index (χ3n) is 5.95. The molecular formula is C22H27N3O4. The monoisotopic (exact) mass is 397 g/mol. The number of carbonyl (C=O) groups is 2. The van der Waals surface area contributed by atoms with E-state index in [1.165, 1.54) is 12.8 Å². The largest absolute Gasteiger partial charge is 0.497 e. The van der Waals surface area contributed by atoms with Crippen LogP contribution in [0.25, 0.3) is 10.9 Å². The summed E-state index contributed by atoms with van der Waals surface area (Å²) < 4.78 is 5.24. The van der Waals surface area contributed by atoms with E-state index >= 15 is 0 Å². The van der Waals surface area contributed by atoms with Gasteiger partial charge in [0.05, 0.1) is 30.4 Å². The second-order valence-electron chi connectivity index (χ2n) is 8.24. The van der Waals surface area contributed by atoms with Gasteiger partial charge in [0.1, 0.15) is 5.75 Å². The number of benzene rings is 1. The Morgan fingerprint density at radius 1 is 1.28 bits per heavy atom. The maximum Gasteiger partial charge on any atom is 0.317 e. The van der Waals surface area contributed by atoms with Crippen LogP contribution in [0.3, 0.4) is 0 Å². The molecule has 7 heteroatoms. The lowest BCUT2D eigenvalue weighted by Gasteiger charge is -2.42.